The molecular weight excluding hydrogens is 299 g/mol. The maximum atomic E-state index is 13.1. The molecule has 0 amide bonds. The molecule has 0 bridgehead atoms. The highest BCUT2D eigenvalue weighted by Gasteiger charge is 2.04. The molecule has 0 aliphatic carbocycles. The number of rotatable bonds is 4. The summed E-state index contributed by atoms with van der Waals surface area (Å²) in [5, 5.41) is 0. The van der Waals surface area contributed by atoms with Crippen LogP contribution in [-0.2, 0) is 6.42 Å². The van der Waals surface area contributed by atoms with Crippen LogP contribution in [0.3, 0.4) is 0 Å². The molecule has 0 N–H and O–H groups in total. The first-order valence-corrected chi connectivity index (χ1v) is 6.42. The summed E-state index contributed by atoms with van der Waals surface area (Å²) in [4.78, 5) is 8.17. The zero-order valence-electron chi connectivity index (χ0n) is 9.86. The summed E-state index contributed by atoms with van der Waals surface area (Å²) in [5.41, 5.74) is 0.934. The second-order valence-corrected chi connectivity index (χ2v) is 4.63. The number of hydrogen-bond donors (Lipinski definition) is 0. The van der Waals surface area contributed by atoms with Gasteiger partial charge in [-0.2, -0.15) is 0 Å². The molecule has 2 rings (SSSR count). The molecule has 2 aromatic rings. The van der Waals surface area contributed by atoms with Crippen molar-refractivity contribution in [3.8, 4) is 11.6 Å². The molecule has 0 atom stereocenters. The van der Waals surface area contributed by atoms with E-state index in [0.29, 0.717) is 16.1 Å². The third kappa shape index (κ3) is 3.26. The number of aryl methyl sites for hydroxylation is 1. The molecule has 0 radical (unpaired) electrons. The summed E-state index contributed by atoms with van der Waals surface area (Å²) in [5.74, 6) is 0.674. The van der Waals surface area contributed by atoms with E-state index in [4.69, 9.17) is 4.74 Å². The standard InChI is InChI=1S/C13H12BrFN2O/c1-2-3-9-6-13(17-8-16-9)18-10-4-5-12(15)11(14)7-10/h4-8H,2-3H2,1H3. The van der Waals surface area contributed by atoms with E-state index < -0.39 is 0 Å². The van der Waals surface area contributed by atoms with Gasteiger partial charge in [-0.25, -0.2) is 14.4 Å². The minimum atomic E-state index is -0.322. The van der Waals surface area contributed by atoms with E-state index in [2.05, 4.69) is 32.8 Å². The lowest BCUT2D eigenvalue weighted by Crippen LogP contribution is -1.94. The van der Waals surface area contributed by atoms with E-state index in [1.54, 1.807) is 18.2 Å². The Morgan fingerprint density at radius 1 is 1.28 bits per heavy atom. The number of ether oxygens (including phenoxy) is 1. The first kappa shape index (κ1) is 13.0. The van der Waals surface area contributed by atoms with Crippen molar-refractivity contribution in [3.63, 3.8) is 0 Å². The topological polar surface area (TPSA) is 35.0 Å². The monoisotopic (exact) mass is 310 g/mol. The Morgan fingerprint density at radius 2 is 2.11 bits per heavy atom. The van der Waals surface area contributed by atoms with Crippen molar-refractivity contribution in [3.05, 3.63) is 46.6 Å². The van der Waals surface area contributed by atoms with Crippen LogP contribution in [0.4, 0.5) is 4.39 Å². The molecule has 1 aromatic heterocycles. The Kier molecular flexibility index (Phi) is 4.25. The Bertz CT molecular complexity index is 548. The predicted octanol–water partition coefficient (Wildman–Crippen LogP) is 4.12. The van der Waals surface area contributed by atoms with E-state index in [1.165, 1.54) is 12.4 Å². The molecule has 18 heavy (non-hydrogen) atoms. The molecule has 0 saturated heterocycles. The molecule has 1 aromatic carbocycles. The fourth-order valence-corrected chi connectivity index (χ4v) is 1.84. The third-order valence-electron chi connectivity index (χ3n) is 2.32. The fraction of sp³-hybridized carbons (Fsp3) is 0.231. The summed E-state index contributed by atoms with van der Waals surface area (Å²) >= 11 is 3.11. The Labute approximate surface area is 113 Å². The van der Waals surface area contributed by atoms with Gasteiger partial charge in [0.05, 0.1) is 4.47 Å². The zero-order chi connectivity index (χ0) is 13.0. The van der Waals surface area contributed by atoms with Crippen LogP contribution in [0.15, 0.2) is 35.1 Å². The summed E-state index contributed by atoms with van der Waals surface area (Å²) < 4.78 is 19.0. The van der Waals surface area contributed by atoms with Crippen LogP contribution in [0.5, 0.6) is 11.6 Å². The van der Waals surface area contributed by atoms with Crippen LogP contribution < -0.4 is 4.74 Å². The predicted molar refractivity (Wildman–Crippen MR) is 70.2 cm³/mol. The van der Waals surface area contributed by atoms with Crippen LogP contribution in [0.2, 0.25) is 0 Å². The minimum Gasteiger partial charge on any atom is -0.439 e. The lowest BCUT2D eigenvalue weighted by Gasteiger charge is -2.06. The van der Waals surface area contributed by atoms with Crippen molar-refractivity contribution in [1.29, 1.82) is 0 Å². The normalized spacial score (nSPS) is 10.4. The Morgan fingerprint density at radius 3 is 2.83 bits per heavy atom. The largest absolute Gasteiger partial charge is 0.439 e. The summed E-state index contributed by atoms with van der Waals surface area (Å²) in [6, 6.07) is 6.26. The van der Waals surface area contributed by atoms with Gasteiger partial charge in [-0.3, -0.25) is 0 Å². The highest BCUT2D eigenvalue weighted by atomic mass is 79.9. The van der Waals surface area contributed by atoms with Crippen molar-refractivity contribution < 1.29 is 9.13 Å². The van der Waals surface area contributed by atoms with Gasteiger partial charge in [0, 0.05) is 11.8 Å². The van der Waals surface area contributed by atoms with Gasteiger partial charge >= 0.3 is 0 Å². The van der Waals surface area contributed by atoms with Crippen LogP contribution in [-0.4, -0.2) is 9.97 Å². The first-order chi connectivity index (χ1) is 8.69. The average Bonchev–Trinajstić information content (AvgIpc) is 2.35. The lowest BCUT2D eigenvalue weighted by atomic mass is 10.2. The highest BCUT2D eigenvalue weighted by molar-refractivity contribution is 9.10. The van der Waals surface area contributed by atoms with Gasteiger partial charge in [0.1, 0.15) is 17.9 Å². The number of benzene rings is 1. The molecule has 94 valence electrons. The molecule has 5 heteroatoms. The van der Waals surface area contributed by atoms with Crippen molar-refractivity contribution in [2.24, 2.45) is 0 Å². The van der Waals surface area contributed by atoms with Gasteiger partial charge in [-0.15, -0.1) is 0 Å². The second kappa shape index (κ2) is 5.91. The van der Waals surface area contributed by atoms with Crippen LogP contribution >= 0.6 is 15.9 Å². The van der Waals surface area contributed by atoms with Crippen molar-refractivity contribution in [2.45, 2.75) is 19.8 Å². The molecule has 0 aliphatic rings. The lowest BCUT2D eigenvalue weighted by molar-refractivity contribution is 0.458. The van der Waals surface area contributed by atoms with Crippen LogP contribution in [0.25, 0.3) is 0 Å². The Balaban J connectivity index is 2.17. The SMILES string of the molecule is CCCc1cc(Oc2ccc(F)c(Br)c2)ncn1. The van der Waals surface area contributed by atoms with E-state index in [-0.39, 0.29) is 5.82 Å². The van der Waals surface area contributed by atoms with Gasteiger partial charge in [-0.1, -0.05) is 13.3 Å². The van der Waals surface area contributed by atoms with Crippen molar-refractivity contribution >= 4 is 15.9 Å². The minimum absolute atomic E-state index is 0.322. The number of halogens is 2. The average molecular weight is 311 g/mol. The Hall–Kier alpha value is -1.49. The van der Waals surface area contributed by atoms with Crippen molar-refractivity contribution in [2.75, 3.05) is 0 Å². The molecule has 3 nitrogen and oxygen atoms in total. The van der Waals surface area contributed by atoms with Crippen molar-refractivity contribution in [1.82, 2.24) is 9.97 Å². The second-order valence-electron chi connectivity index (χ2n) is 3.78. The smallest absolute Gasteiger partial charge is 0.222 e. The summed E-state index contributed by atoms with van der Waals surface area (Å²) in [7, 11) is 0. The number of nitrogens with zero attached hydrogens (tertiary/aromatic N) is 2. The highest BCUT2D eigenvalue weighted by Crippen LogP contribution is 2.25. The van der Waals surface area contributed by atoms with Gasteiger partial charge in [0.2, 0.25) is 5.88 Å². The molecule has 0 aliphatic heterocycles. The van der Waals surface area contributed by atoms with E-state index in [0.717, 1.165) is 18.5 Å². The third-order valence-corrected chi connectivity index (χ3v) is 2.93. The molecule has 1 heterocycles. The van der Waals surface area contributed by atoms with E-state index in [1.807, 2.05) is 0 Å². The molecule has 0 unspecified atom stereocenters. The summed E-state index contributed by atoms with van der Waals surface area (Å²) in [6.45, 7) is 2.08. The number of hydrogen-bond acceptors (Lipinski definition) is 3. The van der Waals surface area contributed by atoms with Gasteiger partial charge in [-0.05, 0) is 40.5 Å². The van der Waals surface area contributed by atoms with Gasteiger partial charge < -0.3 is 4.74 Å². The zero-order valence-corrected chi connectivity index (χ0v) is 11.4. The maximum absolute atomic E-state index is 13.1. The van der Waals surface area contributed by atoms with Crippen LogP contribution in [0, 0.1) is 5.82 Å². The molecule has 0 spiro atoms. The first-order valence-electron chi connectivity index (χ1n) is 5.63. The van der Waals surface area contributed by atoms with E-state index in [9.17, 15) is 4.39 Å². The molecular formula is C13H12BrFN2O. The van der Waals surface area contributed by atoms with Gasteiger partial charge in [0.15, 0.2) is 0 Å². The van der Waals surface area contributed by atoms with Gasteiger partial charge in [0.25, 0.3) is 0 Å². The number of aromatic nitrogens is 2. The maximum Gasteiger partial charge on any atom is 0.222 e. The molecule has 0 saturated carbocycles. The fourth-order valence-electron chi connectivity index (χ4n) is 1.49. The van der Waals surface area contributed by atoms with Crippen LogP contribution in [0.1, 0.15) is 19.0 Å². The van der Waals surface area contributed by atoms with E-state index >= 15 is 0 Å². The molecule has 0 fully saturated rings. The summed E-state index contributed by atoms with van der Waals surface area (Å²) in [6.07, 6.45) is 3.36. The quantitative estimate of drug-likeness (QED) is 0.852.